The Hall–Kier alpha value is -0.360. The van der Waals surface area contributed by atoms with E-state index in [0.717, 1.165) is 24.5 Å². The van der Waals surface area contributed by atoms with Crippen molar-refractivity contribution in [2.45, 2.75) is 19.8 Å². The molecule has 0 heterocycles. The molecule has 0 saturated carbocycles. The Morgan fingerprint density at radius 1 is 1.40 bits per heavy atom. The molecule has 0 fully saturated rings. The average molecular weight is 252 g/mol. The molecule has 0 atom stereocenters. The van der Waals surface area contributed by atoms with Gasteiger partial charge in [0.25, 0.3) is 0 Å². The monoisotopic (exact) mass is 252 g/mol. The van der Waals surface area contributed by atoms with Crippen LogP contribution in [0.5, 0.6) is 0 Å². The molecule has 0 aromatic carbocycles. The summed E-state index contributed by atoms with van der Waals surface area (Å²) in [6.45, 7) is 3.26. The number of hydrogen-bond donors (Lipinski definition) is 2. The summed E-state index contributed by atoms with van der Waals surface area (Å²) in [5, 5.41) is 5.19. The first-order valence-corrected chi connectivity index (χ1v) is 7.41. The Morgan fingerprint density at radius 3 is 2.80 bits per heavy atom. The third kappa shape index (κ3) is 11.6. The molecule has 0 spiro atoms. The van der Waals surface area contributed by atoms with Crippen LogP contribution in [-0.4, -0.2) is 36.9 Å². The summed E-state index contributed by atoms with van der Waals surface area (Å²) in [7, 11) is 3.21. The number of amides is 2. The van der Waals surface area contributed by atoms with Crippen LogP contribution in [0.4, 0.5) is 0 Å². The summed E-state index contributed by atoms with van der Waals surface area (Å²) in [5.41, 5.74) is 0. The fourth-order valence-corrected chi connectivity index (χ4v) is 2.65. The lowest BCUT2D eigenvalue weighted by Gasteiger charge is -2.02. The number of carbonyl (C=O) groups is 2. The van der Waals surface area contributed by atoms with Gasteiger partial charge >= 0.3 is 0 Å². The first-order valence-electron chi connectivity index (χ1n) is 5.42. The Bertz CT molecular complexity index is 218. The zero-order valence-electron chi connectivity index (χ0n) is 9.88. The molecule has 0 aromatic rings. The van der Waals surface area contributed by atoms with E-state index in [-0.39, 0.29) is 5.91 Å². The molecule has 0 aliphatic rings. The van der Waals surface area contributed by atoms with E-state index in [2.05, 4.69) is 10.6 Å². The lowest BCUT2D eigenvalue weighted by molar-refractivity contribution is -0.120. The van der Waals surface area contributed by atoms with Crippen LogP contribution >= 0.6 is 21.6 Å². The molecular weight excluding hydrogens is 232 g/mol. The summed E-state index contributed by atoms with van der Waals surface area (Å²) in [4.78, 5) is 21.4. The molecular formula is C9H18N2O2S2. The molecule has 0 rings (SSSR count). The van der Waals surface area contributed by atoms with Crippen LogP contribution < -0.4 is 10.6 Å². The normalized spacial score (nSPS) is 10.6. The van der Waals surface area contributed by atoms with Gasteiger partial charge in [-0.3, -0.25) is 9.59 Å². The molecule has 2 N–H and O–H groups in total. The van der Waals surface area contributed by atoms with E-state index < -0.39 is 6.39 Å². The fourth-order valence-electron chi connectivity index (χ4n) is 0.749. The van der Waals surface area contributed by atoms with E-state index in [1.165, 1.54) is 0 Å². The van der Waals surface area contributed by atoms with Crippen molar-refractivity contribution >= 4 is 33.9 Å². The van der Waals surface area contributed by atoms with Gasteiger partial charge in [0, 0.05) is 31.0 Å². The first kappa shape index (κ1) is 12.7. The predicted molar refractivity (Wildman–Crippen MR) is 66.9 cm³/mol. The van der Waals surface area contributed by atoms with E-state index in [4.69, 9.17) is 1.37 Å². The minimum Gasteiger partial charge on any atom is -0.358 e. The molecule has 0 aromatic heterocycles. The third-order valence-electron chi connectivity index (χ3n) is 1.45. The smallest absolute Gasteiger partial charge is 0.220 e. The number of hydrogen-bond acceptors (Lipinski definition) is 4. The standard InChI is InChI=1S/C9H18N2O2S2/c1-2-4-11-9(13)3-6-14-15-7-5-10-8-12/h8H,2-7H2,1H3,(H,10,12)(H,11,13)/i8T. The molecule has 88 valence electrons. The Morgan fingerprint density at radius 2 is 2.13 bits per heavy atom. The molecule has 2 amide bonds. The topological polar surface area (TPSA) is 58.2 Å². The summed E-state index contributed by atoms with van der Waals surface area (Å²) in [6.07, 6.45) is 0.743. The van der Waals surface area contributed by atoms with Gasteiger partial charge in [-0.1, -0.05) is 28.5 Å². The van der Waals surface area contributed by atoms with Gasteiger partial charge in [0.1, 0.15) is 1.37 Å². The molecule has 4 nitrogen and oxygen atoms in total. The molecule has 6 heteroatoms. The highest BCUT2D eigenvalue weighted by Gasteiger charge is 1.99. The molecule has 15 heavy (non-hydrogen) atoms. The Balaban J connectivity index is 3.14. The van der Waals surface area contributed by atoms with Crippen molar-refractivity contribution in [1.29, 1.82) is 0 Å². The molecule has 0 aliphatic heterocycles. The minimum absolute atomic E-state index is 0.0920. The van der Waals surface area contributed by atoms with E-state index in [9.17, 15) is 9.59 Å². The Kier molecular flexibility index (Phi) is 9.92. The van der Waals surface area contributed by atoms with Gasteiger partial charge in [0.15, 0.2) is 0 Å². The van der Waals surface area contributed by atoms with Gasteiger partial charge in [-0.25, -0.2) is 0 Å². The number of rotatable bonds is 9. The predicted octanol–water partition coefficient (Wildman–Crippen LogP) is 1.03. The lowest BCUT2D eigenvalue weighted by Crippen LogP contribution is -2.24. The van der Waals surface area contributed by atoms with Gasteiger partial charge < -0.3 is 10.6 Å². The number of carbonyl (C=O) groups excluding carboxylic acids is 2. The van der Waals surface area contributed by atoms with Gasteiger partial charge in [0.05, 0.1) is 0 Å². The van der Waals surface area contributed by atoms with Crippen molar-refractivity contribution in [2.75, 3.05) is 24.6 Å². The zero-order valence-corrected chi connectivity index (χ0v) is 10.5. The molecule has 0 aliphatic carbocycles. The average Bonchev–Trinajstić information content (AvgIpc) is 2.24. The SMILES string of the molecule is [3H]C(=O)NCCSSCCC(=O)NCCC. The quantitative estimate of drug-likeness (QED) is 0.365. The molecule has 0 saturated heterocycles. The summed E-state index contributed by atoms with van der Waals surface area (Å²) < 4.78 is 6.60. The maximum Gasteiger partial charge on any atom is 0.220 e. The van der Waals surface area contributed by atoms with Crippen LogP contribution in [0, 0.1) is 0 Å². The molecule has 0 bridgehead atoms. The maximum atomic E-state index is 11.2. The van der Waals surface area contributed by atoms with Crippen LogP contribution in [0.3, 0.4) is 0 Å². The van der Waals surface area contributed by atoms with Crippen molar-refractivity contribution in [3.8, 4) is 0 Å². The highest BCUT2D eigenvalue weighted by molar-refractivity contribution is 8.76. The summed E-state index contributed by atoms with van der Waals surface area (Å²) in [6, 6.07) is 0. The van der Waals surface area contributed by atoms with Crippen LogP contribution in [-0.2, 0) is 9.59 Å². The van der Waals surface area contributed by atoms with Crippen LogP contribution in [0.15, 0.2) is 0 Å². The Labute approximate surface area is 100 Å². The van der Waals surface area contributed by atoms with Crippen molar-refractivity contribution in [2.24, 2.45) is 0 Å². The van der Waals surface area contributed by atoms with Gasteiger partial charge in [-0.2, -0.15) is 0 Å². The largest absolute Gasteiger partial charge is 0.358 e. The first-order chi connectivity index (χ1) is 7.66. The van der Waals surface area contributed by atoms with E-state index in [1.54, 1.807) is 21.6 Å². The van der Waals surface area contributed by atoms with E-state index in [1.807, 2.05) is 6.92 Å². The van der Waals surface area contributed by atoms with Crippen molar-refractivity contribution in [1.82, 2.24) is 10.6 Å². The van der Waals surface area contributed by atoms with Crippen molar-refractivity contribution < 1.29 is 11.0 Å². The second kappa shape index (κ2) is 11.7. The summed E-state index contributed by atoms with van der Waals surface area (Å²) >= 11 is 0. The van der Waals surface area contributed by atoms with Crippen molar-refractivity contribution in [3.05, 3.63) is 0 Å². The van der Waals surface area contributed by atoms with Crippen molar-refractivity contribution in [3.63, 3.8) is 0 Å². The second-order valence-corrected chi connectivity index (χ2v) is 5.47. The third-order valence-corrected chi connectivity index (χ3v) is 3.86. The second-order valence-electron chi connectivity index (χ2n) is 2.77. The van der Waals surface area contributed by atoms with Crippen LogP contribution in [0.25, 0.3) is 0 Å². The minimum atomic E-state index is -0.746. The van der Waals surface area contributed by atoms with Gasteiger partial charge in [0.2, 0.25) is 12.3 Å². The maximum absolute atomic E-state index is 11.2. The highest BCUT2D eigenvalue weighted by atomic mass is 33.1. The highest BCUT2D eigenvalue weighted by Crippen LogP contribution is 2.20. The fraction of sp³-hybridized carbons (Fsp3) is 0.778. The molecule has 0 radical (unpaired) electrons. The van der Waals surface area contributed by atoms with Gasteiger partial charge in [-0.05, 0) is 6.42 Å². The van der Waals surface area contributed by atoms with E-state index in [0.29, 0.717) is 13.0 Å². The number of nitrogens with one attached hydrogen (secondary N) is 2. The molecule has 0 unspecified atom stereocenters. The lowest BCUT2D eigenvalue weighted by atomic mass is 10.4. The van der Waals surface area contributed by atoms with Crippen LogP contribution in [0.2, 0.25) is 0 Å². The van der Waals surface area contributed by atoms with Crippen LogP contribution in [0.1, 0.15) is 21.1 Å². The summed E-state index contributed by atoms with van der Waals surface area (Å²) in [5.74, 6) is 1.62. The van der Waals surface area contributed by atoms with E-state index >= 15 is 0 Å². The zero-order chi connectivity index (χ0) is 12.2. The van der Waals surface area contributed by atoms with Gasteiger partial charge in [-0.15, -0.1) is 0 Å².